The summed E-state index contributed by atoms with van der Waals surface area (Å²) in [5.74, 6) is 0.655. The fraction of sp³-hybridized carbons (Fsp3) is 0.625. The molecule has 2 N–H and O–H groups in total. The fourth-order valence-electron chi connectivity index (χ4n) is 3.33. The summed E-state index contributed by atoms with van der Waals surface area (Å²) in [4.78, 5) is 0.360. The number of benzene rings is 1. The van der Waals surface area contributed by atoms with E-state index in [2.05, 4.69) is 6.92 Å². The number of nitrogens with two attached hydrogens (primary N) is 1. The van der Waals surface area contributed by atoms with Gasteiger partial charge in [0.05, 0.1) is 4.90 Å². The lowest BCUT2D eigenvalue weighted by Crippen LogP contribution is -2.57. The molecular formula is C16H26N2O2S. The molecule has 0 aromatic heterocycles. The average Bonchev–Trinajstić information content (AvgIpc) is 2.51. The largest absolute Gasteiger partial charge is 0.329 e. The third-order valence-electron chi connectivity index (χ3n) is 4.73. The average molecular weight is 310 g/mol. The van der Waals surface area contributed by atoms with Gasteiger partial charge in [-0.2, -0.15) is 4.31 Å². The van der Waals surface area contributed by atoms with Crippen LogP contribution in [-0.4, -0.2) is 31.4 Å². The summed E-state index contributed by atoms with van der Waals surface area (Å²) < 4.78 is 27.6. The predicted octanol–water partition coefficient (Wildman–Crippen LogP) is 2.60. The smallest absolute Gasteiger partial charge is 0.243 e. The van der Waals surface area contributed by atoms with E-state index in [9.17, 15) is 8.42 Å². The minimum absolute atomic E-state index is 0.360. The van der Waals surface area contributed by atoms with Gasteiger partial charge in [-0.3, -0.25) is 0 Å². The molecular weight excluding hydrogens is 284 g/mol. The van der Waals surface area contributed by atoms with Crippen molar-refractivity contribution in [3.8, 4) is 0 Å². The molecule has 0 spiro atoms. The van der Waals surface area contributed by atoms with Crippen molar-refractivity contribution in [3.63, 3.8) is 0 Å². The van der Waals surface area contributed by atoms with Gasteiger partial charge in [-0.25, -0.2) is 8.42 Å². The van der Waals surface area contributed by atoms with Gasteiger partial charge in [0.15, 0.2) is 0 Å². The summed E-state index contributed by atoms with van der Waals surface area (Å²) in [5.41, 5.74) is 5.61. The second kappa shape index (κ2) is 6.46. The Bertz CT molecular complexity index is 549. The Kier molecular flexibility index (Phi) is 5.07. The first-order valence-electron chi connectivity index (χ1n) is 7.74. The van der Waals surface area contributed by atoms with Gasteiger partial charge in [-0.15, -0.1) is 0 Å². The standard InChI is InChI=1S/C16H26N2O2S/c1-3-18(16(13-17)11-9-14(2)10-12-16)21(19,20)15-7-5-4-6-8-15/h4-8,14H,3,9-13,17H2,1-2H3. The third kappa shape index (κ3) is 3.15. The van der Waals surface area contributed by atoms with Crippen LogP contribution in [0.25, 0.3) is 0 Å². The number of hydrogen-bond donors (Lipinski definition) is 1. The van der Waals surface area contributed by atoms with E-state index < -0.39 is 15.6 Å². The summed E-state index contributed by atoms with van der Waals surface area (Å²) in [5, 5.41) is 0. The van der Waals surface area contributed by atoms with Gasteiger partial charge in [-0.05, 0) is 43.7 Å². The van der Waals surface area contributed by atoms with Crippen LogP contribution in [0.5, 0.6) is 0 Å². The lowest BCUT2D eigenvalue weighted by molar-refractivity contribution is 0.120. The van der Waals surface area contributed by atoms with Crippen LogP contribution >= 0.6 is 0 Å². The van der Waals surface area contributed by atoms with E-state index in [-0.39, 0.29) is 0 Å². The normalized spacial score (nSPS) is 27.0. The maximum atomic E-state index is 13.0. The third-order valence-corrected chi connectivity index (χ3v) is 6.83. The lowest BCUT2D eigenvalue weighted by Gasteiger charge is -2.45. The fourth-order valence-corrected chi connectivity index (χ4v) is 5.20. The SMILES string of the molecule is CCN(C1(CN)CCC(C)CC1)S(=O)(=O)c1ccccc1. The quantitative estimate of drug-likeness (QED) is 0.909. The van der Waals surface area contributed by atoms with Gasteiger partial charge in [0.2, 0.25) is 10.0 Å². The molecule has 21 heavy (non-hydrogen) atoms. The van der Waals surface area contributed by atoms with Crippen molar-refractivity contribution in [2.24, 2.45) is 11.7 Å². The molecule has 1 fully saturated rings. The molecule has 0 radical (unpaired) electrons. The molecule has 2 rings (SSSR count). The summed E-state index contributed by atoms with van der Waals surface area (Å²) in [6.07, 6.45) is 3.78. The molecule has 1 aliphatic rings. The van der Waals surface area contributed by atoms with Crippen molar-refractivity contribution in [1.29, 1.82) is 0 Å². The Morgan fingerprint density at radius 2 is 1.81 bits per heavy atom. The van der Waals surface area contributed by atoms with Crippen LogP contribution in [-0.2, 0) is 10.0 Å². The highest BCUT2D eigenvalue weighted by atomic mass is 32.2. The van der Waals surface area contributed by atoms with Crippen molar-refractivity contribution < 1.29 is 8.42 Å². The van der Waals surface area contributed by atoms with Crippen molar-refractivity contribution >= 4 is 10.0 Å². The number of hydrogen-bond acceptors (Lipinski definition) is 3. The maximum absolute atomic E-state index is 13.0. The molecule has 0 unspecified atom stereocenters. The van der Waals surface area contributed by atoms with Crippen molar-refractivity contribution in [2.75, 3.05) is 13.1 Å². The van der Waals surface area contributed by atoms with Crippen LogP contribution in [0.1, 0.15) is 39.5 Å². The van der Waals surface area contributed by atoms with Crippen LogP contribution in [0.4, 0.5) is 0 Å². The summed E-state index contributed by atoms with van der Waals surface area (Å²) >= 11 is 0. The van der Waals surface area contributed by atoms with Gasteiger partial charge < -0.3 is 5.73 Å². The minimum atomic E-state index is -3.49. The molecule has 0 bridgehead atoms. The van der Waals surface area contributed by atoms with Gasteiger partial charge in [0.25, 0.3) is 0 Å². The van der Waals surface area contributed by atoms with Crippen molar-refractivity contribution in [1.82, 2.24) is 4.31 Å². The predicted molar refractivity (Wildman–Crippen MR) is 85.4 cm³/mol. The zero-order chi connectivity index (χ0) is 15.5. The van der Waals surface area contributed by atoms with Crippen LogP contribution in [0.3, 0.4) is 0 Å². The summed E-state index contributed by atoms with van der Waals surface area (Å²) in [6.45, 7) is 4.97. The minimum Gasteiger partial charge on any atom is -0.329 e. The van der Waals surface area contributed by atoms with Gasteiger partial charge >= 0.3 is 0 Å². The Hall–Kier alpha value is -0.910. The molecule has 0 saturated heterocycles. The molecule has 5 heteroatoms. The first-order chi connectivity index (χ1) is 9.96. The summed E-state index contributed by atoms with van der Waals surface area (Å²) in [6, 6.07) is 8.68. The Balaban J connectivity index is 2.38. The number of sulfonamides is 1. The zero-order valence-corrected chi connectivity index (χ0v) is 13.8. The first-order valence-corrected chi connectivity index (χ1v) is 9.18. The van der Waals surface area contributed by atoms with E-state index in [1.165, 1.54) is 0 Å². The molecule has 0 heterocycles. The maximum Gasteiger partial charge on any atom is 0.243 e. The number of likely N-dealkylation sites (N-methyl/N-ethyl adjacent to an activating group) is 1. The monoisotopic (exact) mass is 310 g/mol. The van der Waals surface area contributed by atoms with Crippen LogP contribution in [0, 0.1) is 5.92 Å². The molecule has 0 atom stereocenters. The molecule has 1 aromatic carbocycles. The Labute approximate surface area is 128 Å². The Morgan fingerprint density at radius 3 is 2.29 bits per heavy atom. The zero-order valence-electron chi connectivity index (χ0n) is 13.0. The second-order valence-corrected chi connectivity index (χ2v) is 7.96. The van der Waals surface area contributed by atoms with Crippen LogP contribution in [0.2, 0.25) is 0 Å². The van der Waals surface area contributed by atoms with Gasteiger partial charge in [-0.1, -0.05) is 32.0 Å². The van der Waals surface area contributed by atoms with E-state index in [4.69, 9.17) is 5.73 Å². The van der Waals surface area contributed by atoms with Crippen LogP contribution in [0.15, 0.2) is 35.2 Å². The molecule has 1 aromatic rings. The second-order valence-electron chi connectivity index (χ2n) is 6.09. The first kappa shape index (κ1) is 16.5. The molecule has 1 aliphatic carbocycles. The highest BCUT2D eigenvalue weighted by Gasteiger charge is 2.43. The molecule has 0 aliphatic heterocycles. The van der Waals surface area contributed by atoms with E-state index in [1.54, 1.807) is 28.6 Å². The number of nitrogens with zero attached hydrogens (tertiary/aromatic N) is 1. The molecule has 4 nitrogen and oxygen atoms in total. The highest BCUT2D eigenvalue weighted by molar-refractivity contribution is 7.89. The molecule has 1 saturated carbocycles. The lowest BCUT2D eigenvalue weighted by atomic mass is 9.77. The molecule has 118 valence electrons. The van der Waals surface area contributed by atoms with E-state index >= 15 is 0 Å². The highest BCUT2D eigenvalue weighted by Crippen LogP contribution is 2.38. The topological polar surface area (TPSA) is 63.4 Å². The van der Waals surface area contributed by atoms with Gasteiger partial charge in [0.1, 0.15) is 0 Å². The summed E-state index contributed by atoms with van der Waals surface area (Å²) in [7, 11) is -3.49. The van der Waals surface area contributed by atoms with Crippen LogP contribution < -0.4 is 5.73 Å². The number of rotatable bonds is 5. The molecule has 0 amide bonds. The van der Waals surface area contributed by atoms with E-state index in [1.807, 2.05) is 13.0 Å². The van der Waals surface area contributed by atoms with Gasteiger partial charge in [0, 0.05) is 18.6 Å². The van der Waals surface area contributed by atoms with E-state index in [0.29, 0.717) is 23.9 Å². The van der Waals surface area contributed by atoms with Crippen molar-refractivity contribution in [2.45, 2.75) is 50.0 Å². The van der Waals surface area contributed by atoms with E-state index in [0.717, 1.165) is 25.7 Å². The van der Waals surface area contributed by atoms with Crippen molar-refractivity contribution in [3.05, 3.63) is 30.3 Å². The Morgan fingerprint density at radius 1 is 1.24 bits per heavy atom.